The van der Waals surface area contributed by atoms with Gasteiger partial charge in [-0.2, -0.15) is 0 Å². The van der Waals surface area contributed by atoms with Gasteiger partial charge in [-0.25, -0.2) is 0 Å². The van der Waals surface area contributed by atoms with Crippen molar-refractivity contribution in [2.24, 2.45) is 10.8 Å². The Morgan fingerprint density at radius 3 is 2.16 bits per heavy atom. The lowest BCUT2D eigenvalue weighted by molar-refractivity contribution is 0.374. The molecule has 3 rings (SSSR count). The first-order valence-corrected chi connectivity index (χ1v) is 6.68. The van der Waals surface area contributed by atoms with E-state index in [0.717, 1.165) is 16.9 Å². The summed E-state index contributed by atoms with van der Waals surface area (Å²) in [6.45, 7) is 9.08. The van der Waals surface area contributed by atoms with Gasteiger partial charge < -0.3 is 10.3 Å². The van der Waals surface area contributed by atoms with Crippen LogP contribution in [0.4, 0.5) is 5.82 Å². The zero-order valence-corrected chi connectivity index (χ0v) is 11.9. The van der Waals surface area contributed by atoms with E-state index >= 15 is 0 Å². The molecule has 1 aliphatic carbocycles. The molecule has 2 aromatic rings. The summed E-state index contributed by atoms with van der Waals surface area (Å²) in [7, 11) is 0. The van der Waals surface area contributed by atoms with E-state index in [-0.39, 0.29) is 10.8 Å². The minimum absolute atomic E-state index is 0.211. The van der Waals surface area contributed by atoms with Gasteiger partial charge in [0.15, 0.2) is 11.6 Å². The summed E-state index contributed by atoms with van der Waals surface area (Å²) in [4.78, 5) is 0. The van der Waals surface area contributed by atoms with E-state index in [1.807, 2.05) is 18.2 Å². The normalized spacial score (nSPS) is 20.4. The van der Waals surface area contributed by atoms with Crippen LogP contribution in [0.15, 0.2) is 34.9 Å². The fourth-order valence-electron chi connectivity index (χ4n) is 3.26. The molecule has 1 saturated carbocycles. The summed E-state index contributed by atoms with van der Waals surface area (Å²) in [5.74, 6) is 1.78. The predicted molar refractivity (Wildman–Crippen MR) is 76.7 cm³/mol. The van der Waals surface area contributed by atoms with Crippen LogP contribution < -0.4 is 5.73 Å². The van der Waals surface area contributed by atoms with Gasteiger partial charge in [-0.15, -0.1) is 0 Å². The van der Waals surface area contributed by atoms with Gasteiger partial charge in [0.1, 0.15) is 0 Å². The van der Waals surface area contributed by atoms with Gasteiger partial charge >= 0.3 is 0 Å². The standard InChI is InChI=1S/C16H20N2O/c1-15(2)13(16(15,3)4)12-11(14(17)18-19-12)10-8-6-5-7-9-10/h5-9,13H,1-4H3,(H2,17,18). The molecule has 19 heavy (non-hydrogen) atoms. The predicted octanol–water partition coefficient (Wildman–Crippen LogP) is 4.07. The zero-order valence-electron chi connectivity index (χ0n) is 11.9. The lowest BCUT2D eigenvalue weighted by Gasteiger charge is -2.03. The van der Waals surface area contributed by atoms with Gasteiger partial charge in [0.2, 0.25) is 0 Å². The SMILES string of the molecule is CC1(C)C(c2onc(N)c2-c2ccccc2)C1(C)C. The van der Waals surface area contributed by atoms with E-state index in [1.165, 1.54) is 0 Å². The highest BCUT2D eigenvalue weighted by Crippen LogP contribution is 2.74. The Morgan fingerprint density at radius 1 is 1.05 bits per heavy atom. The molecule has 1 fully saturated rings. The number of anilines is 1. The fraction of sp³-hybridized carbons (Fsp3) is 0.438. The molecule has 0 unspecified atom stereocenters. The molecule has 0 bridgehead atoms. The molecule has 2 N–H and O–H groups in total. The van der Waals surface area contributed by atoms with E-state index in [1.54, 1.807) is 0 Å². The molecule has 3 nitrogen and oxygen atoms in total. The second kappa shape index (κ2) is 3.62. The van der Waals surface area contributed by atoms with Crippen molar-refractivity contribution in [2.75, 3.05) is 5.73 Å². The highest BCUT2D eigenvalue weighted by atomic mass is 16.5. The number of aromatic nitrogens is 1. The third-order valence-corrected chi connectivity index (χ3v) is 5.09. The lowest BCUT2D eigenvalue weighted by atomic mass is 10.0. The molecule has 0 saturated heterocycles. The van der Waals surface area contributed by atoms with E-state index in [0.29, 0.717) is 11.7 Å². The highest BCUT2D eigenvalue weighted by molar-refractivity contribution is 5.76. The molecule has 1 aromatic heterocycles. The number of nitrogen functional groups attached to an aromatic ring is 1. The first-order chi connectivity index (χ1) is 8.87. The molecule has 0 aliphatic heterocycles. The van der Waals surface area contributed by atoms with Crippen molar-refractivity contribution in [3.05, 3.63) is 36.1 Å². The minimum atomic E-state index is 0.211. The van der Waals surface area contributed by atoms with Crippen molar-refractivity contribution in [1.29, 1.82) is 0 Å². The molecule has 0 amide bonds. The van der Waals surface area contributed by atoms with Gasteiger partial charge in [-0.05, 0) is 16.4 Å². The number of nitrogens with two attached hydrogens (primary N) is 1. The number of hydrogen-bond acceptors (Lipinski definition) is 3. The molecule has 0 radical (unpaired) electrons. The molecule has 1 heterocycles. The quantitative estimate of drug-likeness (QED) is 0.881. The maximum atomic E-state index is 6.01. The summed E-state index contributed by atoms with van der Waals surface area (Å²) < 4.78 is 5.57. The number of hydrogen-bond donors (Lipinski definition) is 1. The molecular weight excluding hydrogens is 236 g/mol. The van der Waals surface area contributed by atoms with Crippen LogP contribution in [0, 0.1) is 10.8 Å². The Morgan fingerprint density at radius 2 is 1.63 bits per heavy atom. The van der Waals surface area contributed by atoms with Gasteiger partial charge in [0.05, 0.1) is 5.56 Å². The Labute approximate surface area is 113 Å². The van der Waals surface area contributed by atoms with Crippen LogP contribution in [-0.2, 0) is 0 Å². The van der Waals surface area contributed by atoms with Crippen LogP contribution in [0.25, 0.3) is 11.1 Å². The summed E-state index contributed by atoms with van der Waals surface area (Å²) in [5, 5.41) is 3.99. The van der Waals surface area contributed by atoms with E-state index in [2.05, 4.69) is 45.0 Å². The molecule has 0 spiro atoms. The Kier molecular flexibility index (Phi) is 2.34. The molecule has 3 heteroatoms. The van der Waals surface area contributed by atoms with Crippen molar-refractivity contribution in [3.8, 4) is 11.1 Å². The lowest BCUT2D eigenvalue weighted by Crippen LogP contribution is -1.95. The Bertz CT molecular complexity index is 597. The molecule has 1 aliphatic rings. The minimum Gasteiger partial charge on any atom is -0.380 e. The second-order valence-corrected chi connectivity index (χ2v) is 6.55. The van der Waals surface area contributed by atoms with Crippen molar-refractivity contribution in [3.63, 3.8) is 0 Å². The van der Waals surface area contributed by atoms with Crippen molar-refractivity contribution >= 4 is 5.82 Å². The van der Waals surface area contributed by atoms with Crippen LogP contribution >= 0.6 is 0 Å². The summed E-state index contributed by atoms with van der Waals surface area (Å²) >= 11 is 0. The maximum absolute atomic E-state index is 6.01. The van der Waals surface area contributed by atoms with Gasteiger partial charge in [0.25, 0.3) is 0 Å². The van der Waals surface area contributed by atoms with Gasteiger partial charge in [-0.3, -0.25) is 0 Å². The number of nitrogens with zero attached hydrogens (tertiary/aromatic N) is 1. The van der Waals surface area contributed by atoms with Crippen LogP contribution in [0.2, 0.25) is 0 Å². The number of rotatable bonds is 2. The molecule has 100 valence electrons. The zero-order chi connectivity index (χ0) is 13.8. The summed E-state index contributed by atoms with van der Waals surface area (Å²) in [6, 6.07) is 10.1. The fourth-order valence-corrected chi connectivity index (χ4v) is 3.26. The van der Waals surface area contributed by atoms with Gasteiger partial charge in [-0.1, -0.05) is 63.2 Å². The monoisotopic (exact) mass is 256 g/mol. The Hall–Kier alpha value is -1.77. The summed E-state index contributed by atoms with van der Waals surface area (Å²) in [5.41, 5.74) is 8.47. The average Bonchev–Trinajstić information content (AvgIpc) is 2.64. The largest absolute Gasteiger partial charge is 0.380 e. The van der Waals surface area contributed by atoms with E-state index in [9.17, 15) is 0 Å². The van der Waals surface area contributed by atoms with Gasteiger partial charge in [0, 0.05) is 5.92 Å². The van der Waals surface area contributed by atoms with E-state index < -0.39 is 0 Å². The number of benzene rings is 1. The van der Waals surface area contributed by atoms with Crippen LogP contribution in [0.1, 0.15) is 39.4 Å². The van der Waals surface area contributed by atoms with Crippen molar-refractivity contribution in [1.82, 2.24) is 5.16 Å². The van der Waals surface area contributed by atoms with E-state index in [4.69, 9.17) is 10.3 Å². The van der Waals surface area contributed by atoms with Crippen molar-refractivity contribution < 1.29 is 4.52 Å². The summed E-state index contributed by atoms with van der Waals surface area (Å²) in [6.07, 6.45) is 0. The van der Waals surface area contributed by atoms with Crippen LogP contribution in [-0.4, -0.2) is 5.16 Å². The first-order valence-electron chi connectivity index (χ1n) is 6.68. The second-order valence-electron chi connectivity index (χ2n) is 6.55. The highest BCUT2D eigenvalue weighted by Gasteiger charge is 2.67. The first kappa shape index (κ1) is 12.3. The maximum Gasteiger partial charge on any atom is 0.175 e. The third kappa shape index (κ3) is 1.54. The third-order valence-electron chi connectivity index (χ3n) is 5.09. The smallest absolute Gasteiger partial charge is 0.175 e. The Balaban J connectivity index is 2.12. The molecule has 1 aromatic carbocycles. The van der Waals surface area contributed by atoms with Crippen LogP contribution in [0.5, 0.6) is 0 Å². The molecule has 0 atom stereocenters. The molecular formula is C16H20N2O. The van der Waals surface area contributed by atoms with Crippen molar-refractivity contribution in [2.45, 2.75) is 33.6 Å². The average molecular weight is 256 g/mol. The topological polar surface area (TPSA) is 52.0 Å². The van der Waals surface area contributed by atoms with Crippen LogP contribution in [0.3, 0.4) is 0 Å².